The number of likely N-dealkylation sites (tertiary alicyclic amines) is 1. The third-order valence-corrected chi connectivity index (χ3v) is 7.93. The van der Waals surface area contributed by atoms with Gasteiger partial charge in [0.15, 0.2) is 11.6 Å². The molecule has 220 valence electrons. The molecule has 1 atom stereocenters. The highest BCUT2D eigenvalue weighted by molar-refractivity contribution is 6.36. The number of carbonyl (C=O) groups excluding carboxylic acids is 1. The number of piperidine rings is 1. The molecule has 0 spiro atoms. The summed E-state index contributed by atoms with van der Waals surface area (Å²) < 4.78 is 23.3. The van der Waals surface area contributed by atoms with Crippen LogP contribution in [0.2, 0.25) is 10.0 Å². The smallest absolute Gasteiger partial charge is 0.434 e. The van der Waals surface area contributed by atoms with E-state index >= 15 is 0 Å². The first-order chi connectivity index (χ1) is 20.1. The third kappa shape index (κ3) is 6.16. The van der Waals surface area contributed by atoms with Gasteiger partial charge in [-0.05, 0) is 42.9 Å². The molecular weight excluding hydrogens is 590 g/mol. The lowest BCUT2D eigenvalue weighted by Crippen LogP contribution is -2.39. The Morgan fingerprint density at radius 1 is 1.24 bits per heavy atom. The van der Waals surface area contributed by atoms with Crippen molar-refractivity contribution >= 4 is 40.9 Å². The molecule has 4 aromatic rings. The van der Waals surface area contributed by atoms with Crippen molar-refractivity contribution in [3.8, 4) is 16.9 Å². The zero-order chi connectivity index (χ0) is 30.0. The Bertz CT molecular complexity index is 1620. The monoisotopic (exact) mass is 616 g/mol. The minimum Gasteiger partial charge on any atom is -0.482 e. The lowest BCUT2D eigenvalue weighted by Gasteiger charge is -2.32. The van der Waals surface area contributed by atoms with Crippen molar-refractivity contribution in [2.24, 2.45) is 0 Å². The number of hydrogen-bond donors (Lipinski definition) is 1. The number of amides is 1. The molecule has 1 amide bonds. The Balaban J connectivity index is 1.20. The highest BCUT2D eigenvalue weighted by atomic mass is 35.5. The average molecular weight is 617 g/mol. The second kappa shape index (κ2) is 12.3. The van der Waals surface area contributed by atoms with E-state index in [1.54, 1.807) is 30.3 Å². The van der Waals surface area contributed by atoms with Crippen LogP contribution in [0.25, 0.3) is 11.1 Å². The normalized spacial score (nSPS) is 14.6. The number of rotatable bonds is 9. The number of nitro groups is 1. The van der Waals surface area contributed by atoms with Crippen molar-refractivity contribution in [1.29, 1.82) is 0 Å². The molecule has 2 N–H and O–H groups in total. The summed E-state index contributed by atoms with van der Waals surface area (Å²) in [6.07, 6.45) is 8.94. The molecular formula is C27H27Cl2FN8O4. The van der Waals surface area contributed by atoms with Crippen molar-refractivity contribution in [2.45, 2.75) is 44.9 Å². The molecule has 12 nitrogen and oxygen atoms in total. The largest absolute Gasteiger partial charge is 0.482 e. The molecule has 5 rings (SSSR count). The summed E-state index contributed by atoms with van der Waals surface area (Å²) in [7, 11) is 0. The van der Waals surface area contributed by atoms with Crippen molar-refractivity contribution in [2.75, 3.05) is 18.8 Å². The average Bonchev–Trinajstić information content (AvgIpc) is 3.66. The Hall–Kier alpha value is -4.23. The number of ether oxygens (including phenoxy) is 1. The van der Waals surface area contributed by atoms with Crippen LogP contribution in [-0.4, -0.2) is 53.1 Å². The summed E-state index contributed by atoms with van der Waals surface area (Å²) in [5, 5.41) is 15.7. The van der Waals surface area contributed by atoms with Gasteiger partial charge >= 0.3 is 5.95 Å². The summed E-state index contributed by atoms with van der Waals surface area (Å²) in [6, 6.07) is 4.43. The molecule has 0 bridgehead atoms. The van der Waals surface area contributed by atoms with E-state index in [4.69, 9.17) is 33.7 Å². The van der Waals surface area contributed by atoms with Crippen molar-refractivity contribution in [3.63, 3.8) is 0 Å². The molecule has 3 aromatic heterocycles. The zero-order valence-corrected chi connectivity index (χ0v) is 24.0. The molecule has 15 heteroatoms. The van der Waals surface area contributed by atoms with Gasteiger partial charge in [0, 0.05) is 47.2 Å². The van der Waals surface area contributed by atoms with Gasteiger partial charge in [0.25, 0.3) is 0 Å². The molecule has 0 saturated carbocycles. The van der Waals surface area contributed by atoms with Gasteiger partial charge in [-0.1, -0.05) is 28.2 Å². The number of nitrogen functional groups attached to an aromatic ring is 1. The fourth-order valence-corrected chi connectivity index (χ4v) is 5.64. The van der Waals surface area contributed by atoms with Crippen LogP contribution in [0.3, 0.4) is 0 Å². The minimum atomic E-state index is -0.703. The number of aromatic nitrogens is 5. The summed E-state index contributed by atoms with van der Waals surface area (Å²) in [6.45, 7) is 2.99. The maximum atomic E-state index is 14.0. The number of pyridine rings is 1. The van der Waals surface area contributed by atoms with Gasteiger partial charge in [0.2, 0.25) is 5.91 Å². The molecule has 0 unspecified atom stereocenters. The number of halogens is 3. The molecule has 42 heavy (non-hydrogen) atoms. The van der Waals surface area contributed by atoms with Gasteiger partial charge in [-0.3, -0.25) is 9.48 Å². The number of imidazole rings is 1. The van der Waals surface area contributed by atoms with Crippen molar-refractivity contribution < 1.29 is 18.8 Å². The molecule has 1 aliphatic heterocycles. The Labute approximate surface area is 250 Å². The van der Waals surface area contributed by atoms with E-state index in [-0.39, 0.29) is 52.5 Å². The predicted molar refractivity (Wildman–Crippen MR) is 154 cm³/mol. The lowest BCUT2D eigenvalue weighted by atomic mass is 10.0. The van der Waals surface area contributed by atoms with Gasteiger partial charge in [-0.15, -0.1) is 0 Å². The minimum absolute atomic E-state index is 0.0619. The van der Waals surface area contributed by atoms with E-state index in [1.165, 1.54) is 29.1 Å². The Kier molecular flexibility index (Phi) is 8.59. The van der Waals surface area contributed by atoms with E-state index in [1.807, 2.05) is 10.9 Å². The van der Waals surface area contributed by atoms with E-state index < -0.39 is 16.8 Å². The molecule has 0 aliphatic carbocycles. The molecule has 1 aliphatic rings. The number of aryl methyl sites for hydroxylation is 1. The van der Waals surface area contributed by atoms with Crippen LogP contribution < -0.4 is 10.5 Å². The van der Waals surface area contributed by atoms with Crippen molar-refractivity contribution in [3.05, 3.63) is 80.7 Å². The maximum absolute atomic E-state index is 14.0. The van der Waals surface area contributed by atoms with E-state index in [9.17, 15) is 19.3 Å². The number of anilines is 1. The lowest BCUT2D eigenvalue weighted by molar-refractivity contribution is -0.396. The summed E-state index contributed by atoms with van der Waals surface area (Å²) in [5.74, 6) is -0.498. The number of hydrogen-bond acceptors (Lipinski definition) is 8. The van der Waals surface area contributed by atoms with Crippen LogP contribution in [0.5, 0.6) is 5.75 Å². The zero-order valence-electron chi connectivity index (χ0n) is 22.5. The number of benzene rings is 1. The third-order valence-electron chi connectivity index (χ3n) is 7.22. The van der Waals surface area contributed by atoms with Crippen LogP contribution in [0, 0.1) is 15.9 Å². The van der Waals surface area contributed by atoms with E-state index in [2.05, 4.69) is 15.1 Å². The second-order valence-corrected chi connectivity index (χ2v) is 10.7. The van der Waals surface area contributed by atoms with Crippen LogP contribution in [0.4, 0.5) is 16.2 Å². The second-order valence-electron chi connectivity index (χ2n) is 9.87. The first-order valence-corrected chi connectivity index (χ1v) is 13.9. The van der Waals surface area contributed by atoms with Crippen LogP contribution in [-0.2, 0) is 11.3 Å². The molecule has 4 heterocycles. The number of nitrogens with zero attached hydrogens (tertiary/aromatic N) is 7. The van der Waals surface area contributed by atoms with Crippen molar-refractivity contribution in [1.82, 2.24) is 29.2 Å². The van der Waals surface area contributed by atoms with Crippen LogP contribution >= 0.6 is 23.2 Å². The van der Waals surface area contributed by atoms with Gasteiger partial charge in [-0.2, -0.15) is 5.10 Å². The topological polar surface area (TPSA) is 147 Å². The summed E-state index contributed by atoms with van der Waals surface area (Å²) >= 11 is 12.4. The fourth-order valence-electron chi connectivity index (χ4n) is 4.96. The predicted octanol–water partition coefficient (Wildman–Crippen LogP) is 5.47. The van der Waals surface area contributed by atoms with Gasteiger partial charge in [0.1, 0.15) is 24.3 Å². The highest BCUT2D eigenvalue weighted by Gasteiger charge is 2.26. The standard InChI is InChI=1S/C27H27Cl2FN8O4/c1-16(24-20(28)2-3-21(30)25(24)29)42-22-12-17(13-33-26(22)31)18-14-34-37(15-18)19-4-8-35(9-5-19)23(39)6-10-36-11-7-32-27(36)38(40)41/h2-3,7,11-16,19H,4-6,8-10H2,1H3,(H2,31,33)/t16-/m1/s1. The number of nitrogens with two attached hydrogens (primary N) is 1. The highest BCUT2D eigenvalue weighted by Crippen LogP contribution is 2.37. The molecule has 1 saturated heterocycles. The van der Waals surface area contributed by atoms with Crippen LogP contribution in [0.15, 0.2) is 49.2 Å². The summed E-state index contributed by atoms with van der Waals surface area (Å²) in [4.78, 5) is 32.9. The first kappa shape index (κ1) is 29.3. The summed E-state index contributed by atoms with van der Waals surface area (Å²) in [5.41, 5.74) is 7.89. The van der Waals surface area contributed by atoms with E-state index in [0.717, 1.165) is 11.1 Å². The molecule has 1 fully saturated rings. The molecule has 1 aromatic carbocycles. The van der Waals surface area contributed by atoms with E-state index in [0.29, 0.717) is 31.5 Å². The maximum Gasteiger partial charge on any atom is 0.434 e. The quantitative estimate of drug-likeness (QED) is 0.148. The van der Waals surface area contributed by atoms with Gasteiger partial charge < -0.3 is 25.5 Å². The fraction of sp³-hybridized carbons (Fsp3) is 0.333. The van der Waals surface area contributed by atoms with Gasteiger partial charge in [0.05, 0.1) is 30.2 Å². The van der Waals surface area contributed by atoms with Gasteiger partial charge in [-0.25, -0.2) is 13.9 Å². The van der Waals surface area contributed by atoms with Crippen LogP contribution in [0.1, 0.15) is 43.9 Å². The number of carbonyl (C=O) groups is 1. The SMILES string of the molecule is C[C@@H](Oc1cc(-c2cnn(C3CCN(C(=O)CCn4ccnc4[N+](=O)[O-])CC3)c2)cnc1N)c1c(Cl)ccc(F)c1Cl. The molecule has 0 radical (unpaired) electrons. The Morgan fingerprint density at radius 2 is 2.00 bits per heavy atom. The first-order valence-electron chi connectivity index (χ1n) is 13.2. The Morgan fingerprint density at radius 3 is 2.74 bits per heavy atom.